The number of hydrogen-bond acceptors (Lipinski definition) is 5. The van der Waals surface area contributed by atoms with Crippen LogP contribution in [-0.2, 0) is 4.79 Å². The number of benzene rings is 1. The Hall–Kier alpha value is -2.11. The number of nitro benzene ring substituents is 1. The molecule has 1 aliphatic heterocycles. The van der Waals surface area contributed by atoms with E-state index in [2.05, 4.69) is 0 Å². The van der Waals surface area contributed by atoms with Crippen molar-refractivity contribution in [1.29, 1.82) is 0 Å². The minimum absolute atomic E-state index is 0.0703. The van der Waals surface area contributed by atoms with Gasteiger partial charge >= 0.3 is 0 Å². The van der Waals surface area contributed by atoms with E-state index in [0.29, 0.717) is 24.5 Å². The predicted molar refractivity (Wildman–Crippen MR) is 70.6 cm³/mol. The Bertz CT molecular complexity index is 482. The highest BCUT2D eigenvalue weighted by Gasteiger charge is 2.25. The summed E-state index contributed by atoms with van der Waals surface area (Å²) in [6.07, 6.45) is 2.44. The van der Waals surface area contributed by atoms with Crippen LogP contribution >= 0.6 is 0 Å². The summed E-state index contributed by atoms with van der Waals surface area (Å²) in [4.78, 5) is 23.4. The smallest absolute Gasteiger partial charge is 0.292 e. The number of nitro groups is 1. The second kappa shape index (κ2) is 5.69. The molecule has 0 saturated carbocycles. The molecule has 1 aliphatic rings. The van der Waals surface area contributed by atoms with Crippen molar-refractivity contribution in [2.24, 2.45) is 5.92 Å². The number of nitrogens with zero attached hydrogens (tertiary/aromatic N) is 2. The lowest BCUT2D eigenvalue weighted by Gasteiger charge is -2.31. The molecule has 1 aromatic carbocycles. The third kappa shape index (κ3) is 2.83. The third-order valence-corrected chi connectivity index (χ3v) is 3.45. The van der Waals surface area contributed by atoms with Crippen LogP contribution in [0.1, 0.15) is 12.8 Å². The molecule has 0 atom stereocenters. The van der Waals surface area contributed by atoms with Gasteiger partial charge in [0.1, 0.15) is 17.7 Å². The van der Waals surface area contributed by atoms with Crippen molar-refractivity contribution in [3.63, 3.8) is 0 Å². The lowest BCUT2D eigenvalue weighted by Crippen LogP contribution is -2.34. The first-order chi connectivity index (χ1) is 9.15. The third-order valence-electron chi connectivity index (χ3n) is 3.45. The first-order valence-electron chi connectivity index (χ1n) is 6.18. The molecular formula is C13H16N2O4. The summed E-state index contributed by atoms with van der Waals surface area (Å²) in [5, 5.41) is 11.1. The van der Waals surface area contributed by atoms with Crippen molar-refractivity contribution in [2.45, 2.75) is 12.8 Å². The number of ether oxygens (including phenoxy) is 1. The largest absolute Gasteiger partial charge is 0.497 e. The van der Waals surface area contributed by atoms with Crippen molar-refractivity contribution in [3.05, 3.63) is 28.3 Å². The van der Waals surface area contributed by atoms with Crippen molar-refractivity contribution >= 4 is 17.7 Å². The molecule has 1 aromatic rings. The van der Waals surface area contributed by atoms with Crippen LogP contribution in [0.2, 0.25) is 0 Å². The SMILES string of the molecule is COc1ccc([N+](=O)[O-])c(N2CCC(C=O)CC2)c1. The molecule has 19 heavy (non-hydrogen) atoms. The summed E-state index contributed by atoms with van der Waals surface area (Å²) in [7, 11) is 1.53. The van der Waals surface area contributed by atoms with Gasteiger partial charge in [0.25, 0.3) is 5.69 Å². The number of methoxy groups -OCH3 is 1. The summed E-state index contributed by atoms with van der Waals surface area (Å²) in [6, 6.07) is 4.72. The van der Waals surface area contributed by atoms with Crippen molar-refractivity contribution < 1.29 is 14.5 Å². The molecule has 0 amide bonds. The van der Waals surface area contributed by atoms with Gasteiger partial charge in [-0.15, -0.1) is 0 Å². The fraction of sp³-hybridized carbons (Fsp3) is 0.462. The molecule has 0 radical (unpaired) electrons. The number of carbonyl (C=O) groups is 1. The van der Waals surface area contributed by atoms with E-state index >= 15 is 0 Å². The fourth-order valence-corrected chi connectivity index (χ4v) is 2.31. The zero-order chi connectivity index (χ0) is 13.8. The van der Waals surface area contributed by atoms with Crippen molar-refractivity contribution in [2.75, 3.05) is 25.1 Å². The van der Waals surface area contributed by atoms with E-state index < -0.39 is 0 Å². The molecule has 1 fully saturated rings. The van der Waals surface area contributed by atoms with Crippen LogP contribution < -0.4 is 9.64 Å². The molecular weight excluding hydrogens is 248 g/mol. The zero-order valence-corrected chi connectivity index (χ0v) is 10.7. The number of carbonyl (C=O) groups excluding carboxylic acids is 1. The highest BCUT2D eigenvalue weighted by atomic mass is 16.6. The topological polar surface area (TPSA) is 72.7 Å². The summed E-state index contributed by atoms with van der Waals surface area (Å²) in [5.74, 6) is 0.666. The molecule has 1 heterocycles. The number of hydrogen-bond donors (Lipinski definition) is 0. The number of anilines is 1. The second-order valence-electron chi connectivity index (χ2n) is 4.57. The van der Waals surface area contributed by atoms with Gasteiger partial charge in [-0.3, -0.25) is 10.1 Å². The fourth-order valence-electron chi connectivity index (χ4n) is 2.31. The van der Waals surface area contributed by atoms with Crippen LogP contribution in [0.3, 0.4) is 0 Å². The van der Waals surface area contributed by atoms with Gasteiger partial charge in [0.2, 0.25) is 0 Å². The van der Waals surface area contributed by atoms with Gasteiger partial charge in [0.05, 0.1) is 12.0 Å². The molecule has 0 spiro atoms. The van der Waals surface area contributed by atoms with Gasteiger partial charge in [-0.25, -0.2) is 0 Å². The first-order valence-corrected chi connectivity index (χ1v) is 6.18. The Labute approximate surface area is 111 Å². The van der Waals surface area contributed by atoms with Gasteiger partial charge in [0.15, 0.2) is 0 Å². The molecule has 0 aromatic heterocycles. The minimum atomic E-state index is -0.388. The monoisotopic (exact) mass is 264 g/mol. The maximum absolute atomic E-state index is 11.1. The Morgan fingerprint density at radius 1 is 1.42 bits per heavy atom. The summed E-state index contributed by atoms with van der Waals surface area (Å²) < 4.78 is 5.12. The molecule has 6 nitrogen and oxygen atoms in total. The quantitative estimate of drug-likeness (QED) is 0.472. The van der Waals surface area contributed by atoms with E-state index in [1.807, 2.05) is 4.90 Å². The van der Waals surface area contributed by atoms with Gasteiger partial charge in [-0.2, -0.15) is 0 Å². The van der Waals surface area contributed by atoms with Crippen molar-refractivity contribution in [3.8, 4) is 5.75 Å². The van der Waals surface area contributed by atoms with E-state index in [0.717, 1.165) is 19.1 Å². The van der Waals surface area contributed by atoms with Gasteiger partial charge in [-0.1, -0.05) is 0 Å². The predicted octanol–water partition coefficient (Wildman–Crippen LogP) is 2.02. The van der Waals surface area contributed by atoms with Gasteiger partial charge < -0.3 is 14.4 Å². The number of rotatable bonds is 4. The Kier molecular flexibility index (Phi) is 3.99. The lowest BCUT2D eigenvalue weighted by molar-refractivity contribution is -0.384. The Morgan fingerprint density at radius 2 is 2.11 bits per heavy atom. The van der Waals surface area contributed by atoms with Gasteiger partial charge in [-0.05, 0) is 18.9 Å². The molecule has 0 bridgehead atoms. The molecule has 2 rings (SSSR count). The minimum Gasteiger partial charge on any atom is -0.497 e. The zero-order valence-electron chi connectivity index (χ0n) is 10.7. The Balaban J connectivity index is 2.27. The summed E-state index contributed by atoms with van der Waals surface area (Å²) in [5.41, 5.74) is 0.638. The van der Waals surface area contributed by atoms with Crippen LogP contribution in [0.25, 0.3) is 0 Å². The van der Waals surface area contributed by atoms with E-state index in [-0.39, 0.29) is 16.5 Å². The molecule has 6 heteroatoms. The van der Waals surface area contributed by atoms with Crippen LogP contribution in [-0.4, -0.2) is 31.4 Å². The molecule has 1 saturated heterocycles. The normalized spacial score (nSPS) is 16.2. The maximum atomic E-state index is 11.1. The van der Waals surface area contributed by atoms with Crippen LogP contribution in [0.15, 0.2) is 18.2 Å². The first kappa shape index (κ1) is 13.3. The maximum Gasteiger partial charge on any atom is 0.292 e. The van der Waals surface area contributed by atoms with Crippen LogP contribution in [0.5, 0.6) is 5.75 Å². The summed E-state index contributed by atoms with van der Waals surface area (Å²) >= 11 is 0. The highest BCUT2D eigenvalue weighted by molar-refractivity contribution is 5.66. The number of piperidine rings is 1. The van der Waals surface area contributed by atoms with E-state index in [4.69, 9.17) is 4.74 Å². The standard InChI is InChI=1S/C13H16N2O4/c1-19-11-2-3-12(15(17)18)13(8-11)14-6-4-10(9-16)5-7-14/h2-3,8-10H,4-7H2,1H3. The number of aldehydes is 1. The average molecular weight is 264 g/mol. The molecule has 0 N–H and O–H groups in total. The van der Waals surface area contributed by atoms with E-state index in [1.165, 1.54) is 13.2 Å². The Morgan fingerprint density at radius 3 is 2.63 bits per heavy atom. The molecule has 0 aliphatic carbocycles. The summed E-state index contributed by atoms with van der Waals surface area (Å²) in [6.45, 7) is 1.30. The van der Waals surface area contributed by atoms with Crippen LogP contribution in [0.4, 0.5) is 11.4 Å². The average Bonchev–Trinajstić information content (AvgIpc) is 2.46. The molecule has 0 unspecified atom stereocenters. The highest BCUT2D eigenvalue weighted by Crippen LogP contribution is 2.34. The molecule has 102 valence electrons. The van der Waals surface area contributed by atoms with E-state index in [1.54, 1.807) is 12.1 Å². The lowest BCUT2D eigenvalue weighted by atomic mass is 9.98. The van der Waals surface area contributed by atoms with Crippen molar-refractivity contribution in [1.82, 2.24) is 0 Å². The second-order valence-corrected chi connectivity index (χ2v) is 4.57. The van der Waals surface area contributed by atoms with Crippen LogP contribution in [0, 0.1) is 16.0 Å². The van der Waals surface area contributed by atoms with Gasteiger partial charge in [0, 0.05) is 31.1 Å². The van der Waals surface area contributed by atoms with E-state index in [9.17, 15) is 14.9 Å².